The van der Waals surface area contributed by atoms with Crippen LogP contribution < -0.4 is 4.90 Å². The van der Waals surface area contributed by atoms with E-state index in [0.29, 0.717) is 0 Å². The first-order valence-corrected chi connectivity index (χ1v) is 14.3. The van der Waals surface area contributed by atoms with E-state index in [-0.39, 0.29) is 0 Å². The van der Waals surface area contributed by atoms with E-state index in [1.807, 2.05) is 0 Å². The number of hydrogen-bond donors (Lipinski definition) is 0. The van der Waals surface area contributed by atoms with E-state index < -0.39 is 0 Å². The standard InChI is InChI=1S/C37H33N3/c1-27-20-22-39(23-21-27)34-24-35(32-16-12-30(13-17-32)28-8-4-2-5-9-28)37-38-36(26-40(37)25-34)33-18-14-31(15-19-33)29-10-6-3-7-11-29/h2-19,24-27H,20-23H2,1H3. The number of aromatic nitrogens is 2. The quantitative estimate of drug-likeness (QED) is 0.226. The third-order valence-corrected chi connectivity index (χ3v) is 8.28. The summed E-state index contributed by atoms with van der Waals surface area (Å²) in [7, 11) is 0. The van der Waals surface area contributed by atoms with Gasteiger partial charge in [-0.1, -0.05) is 116 Å². The molecule has 4 aromatic carbocycles. The monoisotopic (exact) mass is 519 g/mol. The van der Waals surface area contributed by atoms with Gasteiger partial charge in [0, 0.05) is 36.6 Å². The van der Waals surface area contributed by atoms with Crippen molar-refractivity contribution in [3.05, 3.63) is 128 Å². The number of nitrogens with zero attached hydrogens (tertiary/aromatic N) is 3. The molecule has 1 aliphatic rings. The highest BCUT2D eigenvalue weighted by Crippen LogP contribution is 2.34. The Morgan fingerprint density at radius 1 is 0.575 bits per heavy atom. The normalized spacial score (nSPS) is 14.1. The average molecular weight is 520 g/mol. The Kier molecular flexibility index (Phi) is 6.41. The molecule has 7 rings (SSSR count). The van der Waals surface area contributed by atoms with Crippen molar-refractivity contribution in [1.29, 1.82) is 0 Å². The van der Waals surface area contributed by atoms with E-state index in [9.17, 15) is 0 Å². The van der Waals surface area contributed by atoms with E-state index in [1.54, 1.807) is 0 Å². The summed E-state index contributed by atoms with van der Waals surface area (Å²) in [6.45, 7) is 4.56. The lowest BCUT2D eigenvalue weighted by molar-refractivity contribution is 0.438. The van der Waals surface area contributed by atoms with Crippen molar-refractivity contribution in [2.45, 2.75) is 19.8 Å². The van der Waals surface area contributed by atoms with Crippen molar-refractivity contribution in [3.63, 3.8) is 0 Å². The van der Waals surface area contributed by atoms with E-state index in [0.717, 1.165) is 35.9 Å². The molecule has 40 heavy (non-hydrogen) atoms. The smallest absolute Gasteiger partial charge is 0.145 e. The van der Waals surface area contributed by atoms with Crippen LogP contribution >= 0.6 is 0 Å². The van der Waals surface area contributed by atoms with Gasteiger partial charge >= 0.3 is 0 Å². The minimum absolute atomic E-state index is 0.795. The van der Waals surface area contributed by atoms with Crippen LogP contribution in [0.5, 0.6) is 0 Å². The van der Waals surface area contributed by atoms with Crippen LogP contribution in [0.3, 0.4) is 0 Å². The van der Waals surface area contributed by atoms with Crippen LogP contribution in [0.25, 0.3) is 50.3 Å². The van der Waals surface area contributed by atoms with Gasteiger partial charge in [-0.25, -0.2) is 4.98 Å². The highest BCUT2D eigenvalue weighted by molar-refractivity contribution is 5.84. The van der Waals surface area contributed by atoms with Gasteiger partial charge in [0.05, 0.1) is 11.4 Å². The van der Waals surface area contributed by atoms with Crippen molar-refractivity contribution in [2.24, 2.45) is 5.92 Å². The van der Waals surface area contributed by atoms with Gasteiger partial charge in [-0.3, -0.25) is 0 Å². The lowest BCUT2D eigenvalue weighted by Crippen LogP contribution is -2.32. The Morgan fingerprint density at radius 3 is 1.65 bits per heavy atom. The van der Waals surface area contributed by atoms with Crippen molar-refractivity contribution in [1.82, 2.24) is 9.38 Å². The molecule has 6 aromatic rings. The number of pyridine rings is 1. The first-order valence-electron chi connectivity index (χ1n) is 14.3. The Balaban J connectivity index is 1.29. The molecular weight excluding hydrogens is 486 g/mol. The van der Waals surface area contributed by atoms with Gasteiger partial charge in [-0.2, -0.15) is 0 Å². The Bertz CT molecular complexity index is 1730. The largest absolute Gasteiger partial charge is 0.370 e. The number of hydrogen-bond acceptors (Lipinski definition) is 2. The number of imidazole rings is 1. The van der Waals surface area contributed by atoms with Crippen LogP contribution in [-0.4, -0.2) is 22.5 Å². The number of anilines is 1. The van der Waals surface area contributed by atoms with E-state index in [1.165, 1.54) is 51.9 Å². The molecule has 1 fully saturated rings. The lowest BCUT2D eigenvalue weighted by Gasteiger charge is -2.32. The molecule has 0 spiro atoms. The summed E-state index contributed by atoms with van der Waals surface area (Å²) in [4.78, 5) is 7.72. The summed E-state index contributed by atoms with van der Waals surface area (Å²) in [6.07, 6.45) is 6.93. The molecule has 0 radical (unpaired) electrons. The Morgan fingerprint density at radius 2 is 1.07 bits per heavy atom. The fourth-order valence-electron chi connectivity index (χ4n) is 5.81. The van der Waals surface area contributed by atoms with E-state index >= 15 is 0 Å². The van der Waals surface area contributed by atoms with Crippen molar-refractivity contribution < 1.29 is 0 Å². The van der Waals surface area contributed by atoms with Crippen molar-refractivity contribution in [2.75, 3.05) is 18.0 Å². The molecule has 1 aliphatic heterocycles. The number of rotatable bonds is 5. The summed E-state index contributed by atoms with van der Waals surface area (Å²) in [5, 5.41) is 0. The molecule has 0 aliphatic carbocycles. The van der Waals surface area contributed by atoms with Crippen molar-refractivity contribution >= 4 is 11.3 Å². The third-order valence-electron chi connectivity index (χ3n) is 8.28. The maximum absolute atomic E-state index is 5.19. The summed E-state index contributed by atoms with van der Waals surface area (Å²) in [6, 6.07) is 41.1. The van der Waals surface area contributed by atoms with Crippen LogP contribution in [0.4, 0.5) is 5.69 Å². The molecule has 3 heteroatoms. The summed E-state index contributed by atoms with van der Waals surface area (Å²) in [5.41, 5.74) is 11.6. The van der Waals surface area contributed by atoms with Crippen molar-refractivity contribution in [3.8, 4) is 44.6 Å². The number of piperidine rings is 1. The fraction of sp³-hybridized carbons (Fsp3) is 0.162. The fourth-order valence-corrected chi connectivity index (χ4v) is 5.81. The van der Waals surface area contributed by atoms with Gasteiger partial charge in [-0.15, -0.1) is 0 Å². The second-order valence-corrected chi connectivity index (χ2v) is 11.0. The zero-order valence-corrected chi connectivity index (χ0v) is 22.9. The van der Waals surface area contributed by atoms with Crippen LogP contribution in [0, 0.1) is 5.92 Å². The highest BCUT2D eigenvalue weighted by Gasteiger charge is 2.19. The minimum Gasteiger partial charge on any atom is -0.370 e. The Labute approximate surface area is 236 Å². The zero-order valence-electron chi connectivity index (χ0n) is 22.9. The van der Waals surface area contributed by atoms with Crippen LogP contribution in [-0.2, 0) is 0 Å². The third kappa shape index (κ3) is 4.80. The second kappa shape index (κ2) is 10.5. The molecule has 0 saturated carbocycles. The minimum atomic E-state index is 0.795. The molecule has 3 nitrogen and oxygen atoms in total. The van der Waals surface area contributed by atoms with Crippen LogP contribution in [0.15, 0.2) is 128 Å². The van der Waals surface area contributed by atoms with Crippen LogP contribution in [0.2, 0.25) is 0 Å². The predicted octanol–water partition coefficient (Wildman–Crippen LogP) is 9.24. The molecule has 0 bridgehead atoms. The molecule has 3 heterocycles. The van der Waals surface area contributed by atoms with E-state index in [2.05, 4.69) is 144 Å². The summed E-state index contributed by atoms with van der Waals surface area (Å²) >= 11 is 0. The van der Waals surface area contributed by atoms with Gasteiger partial charge in [0.2, 0.25) is 0 Å². The zero-order chi connectivity index (χ0) is 26.9. The van der Waals surface area contributed by atoms with Gasteiger partial charge in [0.1, 0.15) is 5.65 Å². The number of benzene rings is 4. The van der Waals surface area contributed by atoms with Gasteiger partial charge in [-0.05, 0) is 52.6 Å². The first kappa shape index (κ1) is 24.4. The second-order valence-electron chi connectivity index (χ2n) is 11.0. The molecule has 196 valence electrons. The molecular formula is C37H33N3. The lowest BCUT2D eigenvalue weighted by atomic mass is 9.98. The maximum Gasteiger partial charge on any atom is 0.145 e. The van der Waals surface area contributed by atoms with Crippen LogP contribution in [0.1, 0.15) is 19.8 Å². The average Bonchev–Trinajstić information content (AvgIpc) is 3.46. The molecule has 0 unspecified atom stereocenters. The molecule has 0 atom stereocenters. The molecule has 1 saturated heterocycles. The predicted molar refractivity (Wildman–Crippen MR) is 168 cm³/mol. The molecule has 0 N–H and O–H groups in total. The Hall–Kier alpha value is -4.63. The SMILES string of the molecule is CC1CCN(c2cc(-c3ccc(-c4ccccc4)cc3)c3nc(-c4ccc(-c5ccccc5)cc4)cn3c2)CC1. The topological polar surface area (TPSA) is 20.5 Å². The molecule has 0 amide bonds. The highest BCUT2D eigenvalue weighted by atomic mass is 15.1. The summed E-state index contributed by atoms with van der Waals surface area (Å²) < 4.78 is 2.23. The molecule has 2 aromatic heterocycles. The van der Waals surface area contributed by atoms with Gasteiger partial charge in [0.15, 0.2) is 0 Å². The van der Waals surface area contributed by atoms with E-state index in [4.69, 9.17) is 4.98 Å². The number of fused-ring (bicyclic) bond motifs is 1. The van der Waals surface area contributed by atoms with Gasteiger partial charge in [0.25, 0.3) is 0 Å². The first-order chi connectivity index (χ1) is 19.7. The van der Waals surface area contributed by atoms with Gasteiger partial charge < -0.3 is 9.30 Å². The summed E-state index contributed by atoms with van der Waals surface area (Å²) in [5.74, 6) is 0.795. The maximum atomic E-state index is 5.19.